The molecule has 2 bridgehead atoms. The van der Waals surface area contributed by atoms with Crippen LogP contribution in [0.2, 0.25) is 0 Å². The van der Waals surface area contributed by atoms with Crippen molar-refractivity contribution < 1.29 is 28.2 Å². The van der Waals surface area contributed by atoms with Gasteiger partial charge in [-0.25, -0.2) is 8.78 Å². The minimum Gasteiger partial charge on any atom is -0.508 e. The second-order valence-electron chi connectivity index (χ2n) is 23.3. The smallest absolute Gasteiger partial charge is 0.319 e. The molecule has 4 aliphatic heterocycles. The number of nitrogens with zero attached hydrogens (tertiary/aromatic N) is 6. The normalized spacial score (nSPS) is 21.8. The highest BCUT2D eigenvalue weighted by Crippen LogP contribution is 2.51. The van der Waals surface area contributed by atoms with Gasteiger partial charge in [-0.15, -0.1) is 6.42 Å². The molecule has 5 aromatic rings. The molecule has 0 radical (unpaired) electrons. The van der Waals surface area contributed by atoms with Crippen LogP contribution in [0, 0.1) is 52.1 Å². The molecule has 2 aliphatic carbocycles. The van der Waals surface area contributed by atoms with E-state index in [0.717, 1.165) is 114 Å². The quantitative estimate of drug-likeness (QED) is 0.0340. The number of terminal acetylenes is 1. The number of carbonyl (C=O) groups excluding carboxylic acids is 2. The summed E-state index contributed by atoms with van der Waals surface area (Å²) in [6, 6.07) is 12.6. The van der Waals surface area contributed by atoms with E-state index in [9.17, 15) is 14.7 Å². The lowest BCUT2D eigenvalue weighted by Gasteiger charge is -2.47. The molecule has 6 heterocycles. The average Bonchev–Trinajstić information content (AvgIpc) is 4.19. The van der Waals surface area contributed by atoms with Crippen molar-refractivity contribution in [1.29, 1.82) is 5.41 Å². The third-order valence-electron chi connectivity index (χ3n) is 18.0. The van der Waals surface area contributed by atoms with E-state index in [-0.39, 0.29) is 51.6 Å². The van der Waals surface area contributed by atoms with Gasteiger partial charge in [-0.1, -0.05) is 24.1 Å². The summed E-state index contributed by atoms with van der Waals surface area (Å²) in [6.07, 6.45) is 23.7. The third-order valence-corrected chi connectivity index (χ3v) is 18.0. The van der Waals surface area contributed by atoms with E-state index in [1.54, 1.807) is 6.20 Å². The fourth-order valence-corrected chi connectivity index (χ4v) is 13.4. The highest BCUT2D eigenvalue weighted by atomic mass is 19.1. The number of pyridine rings is 1. The number of hydrogen-bond acceptors (Lipinski definition) is 14. The van der Waals surface area contributed by atoms with Crippen LogP contribution in [0.1, 0.15) is 112 Å². The summed E-state index contributed by atoms with van der Waals surface area (Å²) < 4.78 is 38.8. The molecule has 0 amide bonds. The maximum absolute atomic E-state index is 17.2. The number of hydrogen-bond donors (Lipinski definition) is 5. The van der Waals surface area contributed by atoms with Crippen LogP contribution >= 0.6 is 0 Å². The van der Waals surface area contributed by atoms with Crippen LogP contribution in [0.25, 0.3) is 32.9 Å². The Labute approximate surface area is 452 Å². The van der Waals surface area contributed by atoms with E-state index >= 15 is 8.78 Å². The lowest BCUT2D eigenvalue weighted by Crippen LogP contribution is -2.51. The van der Waals surface area contributed by atoms with Crippen molar-refractivity contribution in [1.82, 2.24) is 35.4 Å². The van der Waals surface area contributed by atoms with Crippen molar-refractivity contribution >= 4 is 51.5 Å². The first-order valence-electron chi connectivity index (χ1n) is 28.1. The molecule has 11 rings (SSSR count). The Morgan fingerprint density at radius 2 is 1.66 bits per heavy atom. The Balaban J connectivity index is 0.00000219. The predicted molar refractivity (Wildman–Crippen MR) is 300 cm³/mol. The van der Waals surface area contributed by atoms with Crippen molar-refractivity contribution in [2.24, 2.45) is 22.7 Å². The summed E-state index contributed by atoms with van der Waals surface area (Å²) in [5.41, 5.74) is 3.68. The molecule has 2 aromatic heterocycles. The van der Waals surface area contributed by atoms with Gasteiger partial charge in [0.05, 0.1) is 29.2 Å². The van der Waals surface area contributed by atoms with Gasteiger partial charge in [0.25, 0.3) is 0 Å². The molecule has 6 fully saturated rings. The van der Waals surface area contributed by atoms with Crippen LogP contribution in [0.15, 0.2) is 48.7 Å². The highest BCUT2D eigenvalue weighted by molar-refractivity contribution is 6.10. The molecular weight excluding hydrogens is 975 g/mol. The molecule has 408 valence electrons. The van der Waals surface area contributed by atoms with Gasteiger partial charge >= 0.3 is 6.01 Å². The van der Waals surface area contributed by atoms with E-state index in [2.05, 4.69) is 53.7 Å². The van der Waals surface area contributed by atoms with Gasteiger partial charge in [-0.05, 0) is 176 Å². The minimum atomic E-state index is -0.714. The Hall–Kier alpha value is -6.12. The van der Waals surface area contributed by atoms with Gasteiger partial charge in [0.15, 0.2) is 5.82 Å². The number of carbonyl (C=O) groups is 2. The zero-order valence-electron chi connectivity index (χ0n) is 45.1. The minimum absolute atomic E-state index is 0.0119. The van der Waals surface area contributed by atoms with Gasteiger partial charge in [0.1, 0.15) is 41.2 Å². The number of aromatic nitrogens is 3. The number of fused-ring (bicyclic) bond motifs is 4. The fraction of sp³-hybridized carbons (Fsp3) is 0.541. The summed E-state index contributed by atoms with van der Waals surface area (Å²) in [4.78, 5) is 44.5. The number of rotatable bonds is 17. The highest BCUT2D eigenvalue weighted by Gasteiger charge is 2.47. The van der Waals surface area contributed by atoms with E-state index in [4.69, 9.17) is 26.5 Å². The molecular formula is C61H76F2N10O4. The van der Waals surface area contributed by atoms with E-state index in [0.29, 0.717) is 58.4 Å². The van der Waals surface area contributed by atoms with Gasteiger partial charge in [-0.2, -0.15) is 9.97 Å². The summed E-state index contributed by atoms with van der Waals surface area (Å²) in [5, 5.41) is 30.3. The molecule has 1 spiro atoms. The van der Waals surface area contributed by atoms with Gasteiger partial charge in [0.2, 0.25) is 0 Å². The number of aromatic hydroxyl groups is 1. The van der Waals surface area contributed by atoms with E-state index < -0.39 is 17.6 Å². The Morgan fingerprint density at radius 1 is 0.935 bits per heavy atom. The number of piperidine rings is 2. The summed E-state index contributed by atoms with van der Waals surface area (Å²) in [7, 11) is 5.61. The number of benzene rings is 3. The van der Waals surface area contributed by atoms with Crippen LogP contribution in [-0.2, 0) is 9.59 Å². The summed E-state index contributed by atoms with van der Waals surface area (Å²) in [6.45, 7) is 8.37. The Kier molecular flexibility index (Phi) is 16.5. The molecule has 14 nitrogen and oxygen atoms in total. The van der Waals surface area contributed by atoms with Crippen LogP contribution in [0.3, 0.4) is 0 Å². The molecule has 3 unspecified atom stereocenters. The topological polar surface area (TPSA) is 172 Å². The van der Waals surface area contributed by atoms with Crippen LogP contribution < -0.4 is 25.6 Å². The molecule has 6 aliphatic rings. The maximum Gasteiger partial charge on any atom is 0.319 e. The second-order valence-corrected chi connectivity index (χ2v) is 23.3. The lowest BCUT2D eigenvalue weighted by molar-refractivity contribution is -0.110. The number of phenols is 1. The fourth-order valence-electron chi connectivity index (χ4n) is 13.4. The Morgan fingerprint density at radius 3 is 2.32 bits per heavy atom. The zero-order valence-corrected chi connectivity index (χ0v) is 45.1. The van der Waals surface area contributed by atoms with Crippen molar-refractivity contribution in [2.45, 2.75) is 108 Å². The number of anilines is 2. The molecule has 16 heteroatoms. The van der Waals surface area contributed by atoms with Crippen LogP contribution in [-0.4, -0.2) is 140 Å². The van der Waals surface area contributed by atoms with Gasteiger partial charge < -0.3 is 55.5 Å². The lowest BCUT2D eigenvalue weighted by atomic mass is 9.65. The maximum atomic E-state index is 17.2. The van der Waals surface area contributed by atoms with E-state index in [1.807, 2.05) is 27.2 Å². The van der Waals surface area contributed by atoms with Crippen molar-refractivity contribution in [3.8, 4) is 35.4 Å². The molecule has 2 saturated carbocycles. The predicted octanol–water partition coefficient (Wildman–Crippen LogP) is 9.10. The van der Waals surface area contributed by atoms with Crippen molar-refractivity contribution in [3.05, 3.63) is 77.0 Å². The first-order valence-corrected chi connectivity index (χ1v) is 28.1. The number of piperazine rings is 1. The van der Waals surface area contributed by atoms with Crippen molar-refractivity contribution in [2.75, 3.05) is 90.3 Å². The van der Waals surface area contributed by atoms with Crippen LogP contribution in [0.5, 0.6) is 11.8 Å². The van der Waals surface area contributed by atoms with Gasteiger partial charge in [0, 0.05) is 85.5 Å². The van der Waals surface area contributed by atoms with Crippen molar-refractivity contribution in [3.63, 3.8) is 0 Å². The first-order chi connectivity index (χ1) is 37.4. The average molecular weight is 1050 g/mol. The van der Waals surface area contributed by atoms with Gasteiger partial charge in [-0.3, -0.25) is 4.98 Å². The monoisotopic (exact) mass is 1050 g/mol. The zero-order chi connectivity index (χ0) is 53.8. The van der Waals surface area contributed by atoms with E-state index in [1.165, 1.54) is 74.9 Å². The molecule has 5 N–H and O–H groups in total. The summed E-state index contributed by atoms with van der Waals surface area (Å²) in [5.74, 6) is 2.18. The largest absolute Gasteiger partial charge is 0.508 e. The third kappa shape index (κ3) is 11.7. The number of halogens is 2. The van der Waals surface area contributed by atoms with Crippen LogP contribution in [0.4, 0.5) is 20.3 Å². The number of aldehydes is 2. The first kappa shape index (κ1) is 54.2. The summed E-state index contributed by atoms with van der Waals surface area (Å²) >= 11 is 0. The SMILES string of the molecule is C#Cc1c(F)ccc2cc(O)cc(-c3ncc4c(N5CC6CCC(C5)N6)nc(OCC5(CN6CCC7(CCC(CN8CCC(c9ccc(C(=N)C(C=O)CCC=O)c(NC)c9)CC8)CC7)CC6)CC5)nc4c3F)c12.CNC. The molecule has 3 aromatic carbocycles. The molecule has 4 saturated heterocycles. The number of nitrogens with one attached hydrogen (secondary N) is 4. The molecule has 77 heavy (non-hydrogen) atoms. The Bertz CT molecular complexity index is 3000. The standard InChI is InChI=1S/C59H69F2N9O4.C2H7N/c1-3-45-49(60)11-7-40-27-44(73)29-47(51(40)45)54-52(61)55-48(30-64-54)56(70-32-42-8-9-43(33-70)65-42)67-57(66-55)74-36-59(18-19-59)35-69-24-20-58(21-25-69)16-12-37(13-17-58)31-68-22-14-38(15-23-68)39-6-10-46(50(28-39)63-2)53(62)41(34-72)5-4-26-71;1-3-2/h1,6-7,10-11,26-30,34,37-38,41-43,62-63,65,73H,4-5,8-9,12-25,31-33,35-36H2,2H3;3H,1-2H3. The number of likely N-dealkylation sites (tertiary alicyclic amines) is 2. The number of ether oxygens (including phenoxy) is 1. The number of phenolic OH excluding ortho intramolecular Hbond substituents is 1. The molecule has 3 atom stereocenters. The second kappa shape index (κ2) is 23.5.